The van der Waals surface area contributed by atoms with E-state index in [1.807, 2.05) is 0 Å². The van der Waals surface area contributed by atoms with Crippen LogP contribution in [0.15, 0.2) is 36.7 Å². The van der Waals surface area contributed by atoms with Crippen LogP contribution in [-0.4, -0.2) is 27.1 Å². The Labute approximate surface area is 118 Å². The van der Waals surface area contributed by atoms with Crippen LogP contribution >= 0.6 is 11.6 Å². The highest BCUT2D eigenvalue weighted by Crippen LogP contribution is 2.22. The van der Waals surface area contributed by atoms with Crippen molar-refractivity contribution in [1.29, 1.82) is 0 Å². The number of phenols is 1. The van der Waals surface area contributed by atoms with Crippen molar-refractivity contribution in [2.45, 2.75) is 0 Å². The number of hydrogen-bond acceptors (Lipinski definition) is 4. The summed E-state index contributed by atoms with van der Waals surface area (Å²) in [4.78, 5) is 26.6. The topological polar surface area (TPSA) is 99.5 Å². The van der Waals surface area contributed by atoms with Gasteiger partial charge in [-0.2, -0.15) is 0 Å². The SMILES string of the molecule is O=C(O)c1cc(NC(=O)c2ccncc2Cl)ccc1O. The average molecular weight is 293 g/mol. The molecule has 20 heavy (non-hydrogen) atoms. The van der Waals surface area contributed by atoms with Crippen LogP contribution < -0.4 is 5.32 Å². The molecule has 0 aliphatic rings. The minimum Gasteiger partial charge on any atom is -0.507 e. The van der Waals surface area contributed by atoms with Gasteiger partial charge >= 0.3 is 5.97 Å². The molecule has 0 fully saturated rings. The second kappa shape index (κ2) is 5.58. The van der Waals surface area contributed by atoms with Crippen molar-refractivity contribution in [2.24, 2.45) is 0 Å². The molecule has 7 heteroatoms. The van der Waals surface area contributed by atoms with Gasteiger partial charge in [-0.25, -0.2) is 4.79 Å². The molecule has 3 N–H and O–H groups in total. The Hall–Kier alpha value is -2.60. The molecule has 0 saturated carbocycles. The Morgan fingerprint density at radius 3 is 2.60 bits per heavy atom. The molecule has 0 aliphatic heterocycles. The zero-order valence-corrected chi connectivity index (χ0v) is 10.8. The number of rotatable bonds is 3. The molecule has 0 radical (unpaired) electrons. The lowest BCUT2D eigenvalue weighted by atomic mass is 10.1. The fourth-order valence-corrected chi connectivity index (χ4v) is 1.75. The summed E-state index contributed by atoms with van der Waals surface area (Å²) in [6.07, 6.45) is 2.75. The van der Waals surface area contributed by atoms with Crippen LogP contribution in [0.4, 0.5) is 5.69 Å². The largest absolute Gasteiger partial charge is 0.507 e. The first kappa shape index (κ1) is 13.8. The normalized spacial score (nSPS) is 10.1. The Bertz CT molecular complexity index is 688. The van der Waals surface area contributed by atoms with Crippen LogP contribution in [0.1, 0.15) is 20.7 Å². The van der Waals surface area contributed by atoms with Crippen LogP contribution in [0.3, 0.4) is 0 Å². The molecule has 2 aromatic rings. The second-order valence-electron chi connectivity index (χ2n) is 3.85. The molecule has 0 atom stereocenters. The van der Waals surface area contributed by atoms with E-state index in [1.165, 1.54) is 30.6 Å². The molecular formula is C13H9ClN2O4. The van der Waals surface area contributed by atoms with Crippen LogP contribution in [0, 0.1) is 0 Å². The zero-order chi connectivity index (χ0) is 14.7. The van der Waals surface area contributed by atoms with E-state index in [1.54, 1.807) is 0 Å². The van der Waals surface area contributed by atoms with Crippen LogP contribution in [-0.2, 0) is 0 Å². The summed E-state index contributed by atoms with van der Waals surface area (Å²) in [6, 6.07) is 5.17. The molecule has 6 nitrogen and oxygen atoms in total. The minimum absolute atomic E-state index is 0.183. The third-order valence-corrected chi connectivity index (χ3v) is 2.80. The standard InChI is InChI=1S/C13H9ClN2O4/c14-10-6-15-4-3-8(10)12(18)16-7-1-2-11(17)9(5-7)13(19)20/h1-6,17H,(H,16,18)(H,19,20). The molecule has 2 rings (SSSR count). The summed E-state index contributed by atoms with van der Waals surface area (Å²) in [6.45, 7) is 0. The number of nitrogens with one attached hydrogen (secondary N) is 1. The number of aromatic hydroxyl groups is 1. The molecule has 1 heterocycles. The number of aromatic carboxylic acids is 1. The maximum Gasteiger partial charge on any atom is 0.339 e. The molecule has 1 amide bonds. The van der Waals surface area contributed by atoms with E-state index >= 15 is 0 Å². The van der Waals surface area contributed by atoms with Crippen molar-refractivity contribution < 1.29 is 19.8 Å². The number of pyridine rings is 1. The van der Waals surface area contributed by atoms with Gasteiger partial charge in [0, 0.05) is 18.1 Å². The van der Waals surface area contributed by atoms with Gasteiger partial charge in [0.05, 0.1) is 10.6 Å². The number of carboxylic acids is 1. The van der Waals surface area contributed by atoms with E-state index in [0.717, 1.165) is 6.07 Å². The summed E-state index contributed by atoms with van der Waals surface area (Å²) in [5, 5.41) is 20.9. The van der Waals surface area contributed by atoms with Crippen molar-refractivity contribution in [1.82, 2.24) is 4.98 Å². The summed E-state index contributed by atoms with van der Waals surface area (Å²) in [5.74, 6) is -2.17. The number of carbonyl (C=O) groups is 2. The van der Waals surface area contributed by atoms with Gasteiger partial charge in [0.2, 0.25) is 0 Å². The number of aromatic nitrogens is 1. The molecule has 102 valence electrons. The third kappa shape index (κ3) is 2.86. The monoisotopic (exact) mass is 292 g/mol. The summed E-state index contributed by atoms with van der Waals surface area (Å²) >= 11 is 5.83. The first-order valence-electron chi connectivity index (χ1n) is 5.46. The Morgan fingerprint density at radius 1 is 1.20 bits per heavy atom. The summed E-state index contributed by atoms with van der Waals surface area (Å²) < 4.78 is 0. The molecular weight excluding hydrogens is 284 g/mol. The Balaban J connectivity index is 2.27. The fourth-order valence-electron chi connectivity index (χ4n) is 1.54. The van der Waals surface area contributed by atoms with Crippen LogP contribution in [0.5, 0.6) is 5.75 Å². The highest BCUT2D eigenvalue weighted by atomic mass is 35.5. The van der Waals surface area contributed by atoms with Crippen molar-refractivity contribution in [3.05, 3.63) is 52.8 Å². The van der Waals surface area contributed by atoms with Gasteiger partial charge in [-0.1, -0.05) is 11.6 Å². The first-order valence-corrected chi connectivity index (χ1v) is 5.84. The third-order valence-electron chi connectivity index (χ3n) is 2.50. The predicted octanol–water partition coefficient (Wildman–Crippen LogP) is 2.39. The number of nitrogens with zero attached hydrogens (tertiary/aromatic N) is 1. The number of anilines is 1. The molecule has 0 spiro atoms. The van der Waals surface area contributed by atoms with E-state index in [2.05, 4.69) is 10.3 Å². The quantitative estimate of drug-likeness (QED) is 0.754. The highest BCUT2D eigenvalue weighted by Gasteiger charge is 2.13. The van der Waals surface area contributed by atoms with Crippen molar-refractivity contribution in [3.8, 4) is 5.75 Å². The molecule has 1 aromatic carbocycles. The smallest absolute Gasteiger partial charge is 0.339 e. The molecule has 0 aliphatic carbocycles. The van der Waals surface area contributed by atoms with Gasteiger partial charge in [-0.05, 0) is 24.3 Å². The van der Waals surface area contributed by atoms with E-state index in [4.69, 9.17) is 16.7 Å². The van der Waals surface area contributed by atoms with Gasteiger partial charge in [-0.15, -0.1) is 0 Å². The Kier molecular flexibility index (Phi) is 3.86. The second-order valence-corrected chi connectivity index (χ2v) is 4.25. The van der Waals surface area contributed by atoms with Gasteiger partial charge < -0.3 is 15.5 Å². The Morgan fingerprint density at radius 2 is 1.95 bits per heavy atom. The molecule has 0 unspecified atom stereocenters. The van der Waals surface area contributed by atoms with Crippen molar-refractivity contribution in [2.75, 3.05) is 5.32 Å². The first-order chi connectivity index (χ1) is 9.49. The molecule has 1 aromatic heterocycles. The number of carbonyl (C=O) groups excluding carboxylic acids is 1. The van der Waals surface area contributed by atoms with Gasteiger partial charge in [0.15, 0.2) is 0 Å². The number of benzene rings is 1. The fraction of sp³-hybridized carbons (Fsp3) is 0. The van der Waals surface area contributed by atoms with Gasteiger partial charge in [0.25, 0.3) is 5.91 Å². The lowest BCUT2D eigenvalue weighted by Gasteiger charge is -2.08. The summed E-state index contributed by atoms with van der Waals surface area (Å²) in [5.41, 5.74) is 0.147. The highest BCUT2D eigenvalue weighted by molar-refractivity contribution is 6.34. The van der Waals surface area contributed by atoms with Crippen LogP contribution in [0.2, 0.25) is 5.02 Å². The van der Waals surface area contributed by atoms with Gasteiger partial charge in [0.1, 0.15) is 11.3 Å². The van der Waals surface area contributed by atoms with Gasteiger partial charge in [-0.3, -0.25) is 9.78 Å². The van der Waals surface area contributed by atoms with E-state index in [0.29, 0.717) is 0 Å². The minimum atomic E-state index is -1.29. The molecule has 0 bridgehead atoms. The lowest BCUT2D eigenvalue weighted by Crippen LogP contribution is -2.13. The lowest BCUT2D eigenvalue weighted by molar-refractivity contribution is 0.0693. The number of hydrogen-bond donors (Lipinski definition) is 3. The van der Waals surface area contributed by atoms with E-state index in [9.17, 15) is 14.7 Å². The zero-order valence-electron chi connectivity index (χ0n) is 10.0. The van der Waals surface area contributed by atoms with Crippen LogP contribution in [0.25, 0.3) is 0 Å². The maximum absolute atomic E-state index is 12.0. The predicted molar refractivity (Wildman–Crippen MR) is 72.3 cm³/mol. The number of halogens is 1. The number of carboxylic acid groups (broad SMARTS) is 1. The number of amides is 1. The van der Waals surface area contributed by atoms with Crippen molar-refractivity contribution >= 4 is 29.2 Å². The van der Waals surface area contributed by atoms with E-state index in [-0.39, 0.29) is 27.6 Å². The van der Waals surface area contributed by atoms with E-state index < -0.39 is 11.9 Å². The maximum atomic E-state index is 12.0. The average Bonchev–Trinajstić information content (AvgIpc) is 2.41. The molecule has 0 saturated heterocycles. The summed E-state index contributed by atoms with van der Waals surface area (Å²) in [7, 11) is 0. The van der Waals surface area contributed by atoms with Crippen molar-refractivity contribution in [3.63, 3.8) is 0 Å².